The topological polar surface area (TPSA) is 125 Å². The molecule has 0 spiro atoms. The van der Waals surface area contributed by atoms with E-state index in [0.29, 0.717) is 19.8 Å². The van der Waals surface area contributed by atoms with E-state index in [1.165, 1.54) is 21.3 Å². The molecule has 0 aliphatic rings. The summed E-state index contributed by atoms with van der Waals surface area (Å²) in [6.07, 6.45) is 0. The van der Waals surface area contributed by atoms with Crippen molar-refractivity contribution < 1.29 is 53.6 Å². The molecule has 0 fully saturated rings. The van der Waals surface area contributed by atoms with Gasteiger partial charge in [-0.05, 0) is 0 Å². The van der Waals surface area contributed by atoms with Crippen molar-refractivity contribution >= 4 is 0 Å². The summed E-state index contributed by atoms with van der Waals surface area (Å²) in [4.78, 5) is 0. The molecule has 0 aliphatic carbocycles. The smallest absolute Gasteiger partial charge is 2.00 e. The third-order valence-electron chi connectivity index (χ3n) is 0.862. The third kappa shape index (κ3) is 83.9. The average molecular weight is 292 g/mol. The van der Waals surface area contributed by atoms with Gasteiger partial charge in [-0.15, -0.1) is 19.8 Å². The Morgan fingerprint density at radius 1 is 0.647 bits per heavy atom. The fourth-order valence-electron chi connectivity index (χ4n) is 0.250. The van der Waals surface area contributed by atoms with Gasteiger partial charge < -0.3 is 35.0 Å². The van der Waals surface area contributed by atoms with E-state index in [1.54, 1.807) is 0 Å². The molecule has 0 rings (SSSR count). The monoisotopic (exact) mass is 292 g/mol. The summed E-state index contributed by atoms with van der Waals surface area (Å²) in [5.74, 6) is 0. The van der Waals surface area contributed by atoms with E-state index in [4.69, 9.17) is 0 Å². The van der Waals surface area contributed by atoms with Crippen molar-refractivity contribution in [2.24, 2.45) is 0 Å². The van der Waals surface area contributed by atoms with Crippen LogP contribution in [0.1, 0.15) is 0 Å². The van der Waals surface area contributed by atoms with E-state index in [0.717, 1.165) is 0 Å². The first kappa shape index (κ1) is 30.4. The quantitative estimate of drug-likeness (QED) is 0.509. The van der Waals surface area contributed by atoms with E-state index in [1.807, 2.05) is 0 Å². The molecular weight excluding hydrogens is 271 g/mol. The molecule has 104 valence electrons. The normalized spacial score (nSPS) is 7.41. The van der Waals surface area contributed by atoms with Gasteiger partial charge in [0.05, 0.1) is 0 Å². The van der Waals surface area contributed by atoms with E-state index < -0.39 is 0 Å². The minimum atomic E-state index is -0.128. The van der Waals surface area contributed by atoms with Gasteiger partial charge in [0.25, 0.3) is 0 Å². The molecule has 0 radical (unpaired) electrons. The fraction of sp³-hybridized carbons (Fsp3) is 1.00. The Morgan fingerprint density at radius 2 is 0.824 bits per heavy atom. The van der Waals surface area contributed by atoms with Crippen LogP contribution in [0.3, 0.4) is 0 Å². The van der Waals surface area contributed by atoms with Crippen LogP contribution in [0.4, 0.5) is 0 Å². The molecule has 17 heavy (non-hydrogen) atoms. The van der Waals surface area contributed by atoms with Gasteiger partial charge in [-0.1, -0.05) is 0 Å². The number of rotatable bonds is 6. The second-order valence-electron chi connectivity index (χ2n) is 2.09. The minimum absolute atomic E-state index is 0. The Bertz CT molecular complexity index is 58.1. The van der Waals surface area contributed by atoms with Crippen LogP contribution >= 0.6 is 0 Å². The van der Waals surface area contributed by atoms with E-state index in [9.17, 15) is 15.3 Å². The van der Waals surface area contributed by atoms with E-state index in [-0.39, 0.29) is 43.9 Å². The summed E-state index contributed by atoms with van der Waals surface area (Å²) < 4.78 is 13.1. The van der Waals surface area contributed by atoms with Crippen LogP contribution in [0.15, 0.2) is 0 Å². The molecular formula is C9H21O7V. The second kappa shape index (κ2) is 44.1. The van der Waals surface area contributed by atoms with Crippen molar-refractivity contribution in [1.82, 2.24) is 0 Å². The van der Waals surface area contributed by atoms with Crippen LogP contribution in [0.5, 0.6) is 0 Å². The Kier molecular flexibility index (Phi) is 78.8. The van der Waals surface area contributed by atoms with E-state index in [2.05, 4.69) is 14.2 Å². The predicted octanol–water partition coefficient (Wildman–Crippen LogP) is -3.14. The average Bonchev–Trinajstić information content (AvgIpc) is 2.23. The van der Waals surface area contributed by atoms with E-state index >= 15 is 0 Å². The summed E-state index contributed by atoms with van der Waals surface area (Å²) in [5.41, 5.74) is 0. The molecule has 8 heteroatoms. The van der Waals surface area contributed by atoms with Gasteiger partial charge in [-0.3, -0.25) is 0 Å². The van der Waals surface area contributed by atoms with Gasteiger partial charge in [-0.25, -0.2) is 0 Å². The van der Waals surface area contributed by atoms with Crippen molar-refractivity contribution in [3.63, 3.8) is 0 Å². The van der Waals surface area contributed by atoms with Crippen molar-refractivity contribution in [2.75, 3.05) is 61.0 Å². The number of methoxy groups -OCH3 is 3. The number of hydrogen-bond donors (Lipinski definition) is 0. The first-order valence-corrected chi connectivity index (χ1v) is 4.46. The Labute approximate surface area is 115 Å². The maximum absolute atomic E-state index is 9.40. The molecule has 0 aromatic carbocycles. The Morgan fingerprint density at radius 3 is 0.824 bits per heavy atom. The maximum Gasteiger partial charge on any atom is 5.00 e. The summed E-state index contributed by atoms with van der Waals surface area (Å²) >= 11 is 0. The Hall–Kier alpha value is 0.304. The number of hydrogen-bond acceptors (Lipinski definition) is 6. The van der Waals surface area contributed by atoms with Gasteiger partial charge in [0, 0.05) is 41.2 Å². The van der Waals surface area contributed by atoms with Crippen molar-refractivity contribution in [2.45, 2.75) is 0 Å². The predicted molar refractivity (Wildman–Crippen MR) is 50.9 cm³/mol. The summed E-state index contributed by atoms with van der Waals surface area (Å²) in [5, 5.41) is 28.2. The molecule has 0 bridgehead atoms. The van der Waals surface area contributed by atoms with Crippen LogP contribution in [-0.2, 0) is 38.2 Å². The number of ether oxygens (including phenoxy) is 3. The second-order valence-corrected chi connectivity index (χ2v) is 2.09. The molecule has 0 saturated heterocycles. The van der Waals surface area contributed by atoms with Gasteiger partial charge >= 0.3 is 18.6 Å². The summed E-state index contributed by atoms with van der Waals surface area (Å²) in [6.45, 7) is 0.615. The zero-order valence-electron chi connectivity index (χ0n) is 10.5. The molecule has 0 aliphatic heterocycles. The van der Waals surface area contributed by atoms with Gasteiger partial charge in [0.2, 0.25) is 0 Å². The molecule has 7 nitrogen and oxygen atoms in total. The SMILES string of the molecule is COCC[O-].COCC[O-].COCC[O-].[O-2].[V+5]. The molecule has 0 aromatic heterocycles. The zero-order valence-corrected chi connectivity index (χ0v) is 11.9. The maximum atomic E-state index is 9.40. The largest absolute Gasteiger partial charge is 5.00 e. The zero-order chi connectivity index (χ0) is 12.4. The molecule has 0 N–H and O–H groups in total. The summed E-state index contributed by atoms with van der Waals surface area (Å²) in [7, 11) is 4.54. The standard InChI is InChI=1S/3C3H7O2.O.V/c3*1-5-3-2-4;;/h3*2-3H2,1H3;;/q3*-1;-2;+5. The van der Waals surface area contributed by atoms with Gasteiger partial charge in [0.15, 0.2) is 0 Å². The molecule has 0 unspecified atom stereocenters. The minimum Gasteiger partial charge on any atom is -2.00 e. The summed E-state index contributed by atoms with van der Waals surface area (Å²) in [6, 6.07) is 0. The van der Waals surface area contributed by atoms with Crippen LogP contribution < -0.4 is 15.3 Å². The van der Waals surface area contributed by atoms with Crippen LogP contribution in [0.25, 0.3) is 0 Å². The van der Waals surface area contributed by atoms with Crippen LogP contribution in [0.2, 0.25) is 0 Å². The fourth-order valence-corrected chi connectivity index (χ4v) is 0.250. The Balaban J connectivity index is -0.0000000400. The van der Waals surface area contributed by atoms with Gasteiger partial charge in [-0.2, -0.15) is 0 Å². The van der Waals surface area contributed by atoms with Crippen molar-refractivity contribution in [1.29, 1.82) is 0 Å². The van der Waals surface area contributed by atoms with Crippen LogP contribution in [0, 0.1) is 0 Å². The van der Waals surface area contributed by atoms with Crippen molar-refractivity contribution in [3.05, 3.63) is 0 Å². The molecule has 0 aromatic rings. The first-order chi connectivity index (χ1) is 7.24. The molecule has 0 atom stereocenters. The van der Waals surface area contributed by atoms with Gasteiger partial charge in [0.1, 0.15) is 0 Å². The third-order valence-corrected chi connectivity index (χ3v) is 0.862. The molecule has 0 saturated carbocycles. The molecule has 0 heterocycles. The van der Waals surface area contributed by atoms with Crippen LogP contribution in [-0.4, -0.2) is 61.0 Å². The van der Waals surface area contributed by atoms with Crippen molar-refractivity contribution in [3.8, 4) is 0 Å². The first-order valence-electron chi connectivity index (χ1n) is 4.46. The molecule has 0 amide bonds.